The first-order valence-corrected chi connectivity index (χ1v) is 6.40. The standard InChI is InChI=1S/C14H18N4O/c1-3-8-19-14-9-13(17-11(2)18-14)16-10-12-6-4-5-7-15-12/h4-7,9H,3,8,10H2,1-2H3,(H,16,17,18). The summed E-state index contributed by atoms with van der Waals surface area (Å²) in [6, 6.07) is 7.64. The van der Waals surface area contributed by atoms with Gasteiger partial charge in [-0.25, -0.2) is 4.98 Å². The van der Waals surface area contributed by atoms with E-state index in [1.165, 1.54) is 0 Å². The molecule has 0 aliphatic heterocycles. The third-order valence-electron chi connectivity index (χ3n) is 2.45. The highest BCUT2D eigenvalue weighted by Gasteiger charge is 2.03. The molecule has 0 saturated carbocycles. The van der Waals surface area contributed by atoms with Crippen molar-refractivity contribution < 1.29 is 4.74 Å². The van der Waals surface area contributed by atoms with Crippen LogP contribution in [0, 0.1) is 6.92 Å². The number of hydrogen-bond acceptors (Lipinski definition) is 5. The quantitative estimate of drug-likeness (QED) is 0.863. The Kier molecular flexibility index (Phi) is 4.66. The summed E-state index contributed by atoms with van der Waals surface area (Å²) in [6.07, 6.45) is 2.73. The van der Waals surface area contributed by atoms with E-state index in [-0.39, 0.29) is 0 Å². The van der Waals surface area contributed by atoms with Crippen LogP contribution >= 0.6 is 0 Å². The Morgan fingerprint density at radius 2 is 2.16 bits per heavy atom. The van der Waals surface area contributed by atoms with E-state index in [0.717, 1.165) is 17.9 Å². The molecule has 0 bridgehead atoms. The van der Waals surface area contributed by atoms with Gasteiger partial charge in [0.15, 0.2) is 0 Å². The van der Waals surface area contributed by atoms with Gasteiger partial charge in [0, 0.05) is 12.3 Å². The molecular formula is C14H18N4O. The van der Waals surface area contributed by atoms with Gasteiger partial charge in [-0.05, 0) is 25.5 Å². The van der Waals surface area contributed by atoms with Crippen LogP contribution < -0.4 is 10.1 Å². The van der Waals surface area contributed by atoms with Crippen molar-refractivity contribution in [2.75, 3.05) is 11.9 Å². The van der Waals surface area contributed by atoms with Crippen molar-refractivity contribution in [1.82, 2.24) is 15.0 Å². The Bertz CT molecular complexity index is 516. The maximum atomic E-state index is 5.52. The summed E-state index contributed by atoms with van der Waals surface area (Å²) in [4.78, 5) is 12.8. The molecule has 100 valence electrons. The van der Waals surface area contributed by atoms with E-state index in [1.54, 1.807) is 6.20 Å². The van der Waals surface area contributed by atoms with Crippen LogP contribution in [0.25, 0.3) is 0 Å². The molecule has 0 spiro atoms. The Morgan fingerprint density at radius 1 is 1.26 bits per heavy atom. The van der Waals surface area contributed by atoms with Gasteiger partial charge in [-0.2, -0.15) is 4.98 Å². The van der Waals surface area contributed by atoms with Gasteiger partial charge in [0.25, 0.3) is 0 Å². The zero-order valence-electron chi connectivity index (χ0n) is 11.3. The molecule has 0 aliphatic rings. The van der Waals surface area contributed by atoms with Crippen LogP contribution in [0.15, 0.2) is 30.5 Å². The molecule has 0 fully saturated rings. The van der Waals surface area contributed by atoms with E-state index >= 15 is 0 Å². The number of ether oxygens (including phenoxy) is 1. The lowest BCUT2D eigenvalue weighted by molar-refractivity contribution is 0.304. The SMILES string of the molecule is CCCOc1cc(NCc2ccccn2)nc(C)n1. The Labute approximate surface area is 113 Å². The molecule has 2 rings (SSSR count). The van der Waals surface area contributed by atoms with Gasteiger partial charge in [-0.1, -0.05) is 13.0 Å². The summed E-state index contributed by atoms with van der Waals surface area (Å²) in [5.41, 5.74) is 0.967. The van der Waals surface area contributed by atoms with Gasteiger partial charge in [0.05, 0.1) is 18.8 Å². The van der Waals surface area contributed by atoms with Crippen LogP contribution in [-0.2, 0) is 6.54 Å². The highest BCUT2D eigenvalue weighted by atomic mass is 16.5. The van der Waals surface area contributed by atoms with E-state index in [9.17, 15) is 0 Å². The Hall–Kier alpha value is -2.17. The number of hydrogen-bond donors (Lipinski definition) is 1. The smallest absolute Gasteiger partial charge is 0.218 e. The molecule has 0 radical (unpaired) electrons. The topological polar surface area (TPSA) is 59.9 Å². The highest BCUT2D eigenvalue weighted by molar-refractivity contribution is 5.38. The van der Waals surface area contributed by atoms with Crippen molar-refractivity contribution in [3.05, 3.63) is 42.0 Å². The van der Waals surface area contributed by atoms with Crippen molar-refractivity contribution >= 4 is 5.82 Å². The van der Waals surface area contributed by atoms with Gasteiger partial charge >= 0.3 is 0 Å². The van der Waals surface area contributed by atoms with Crippen molar-refractivity contribution in [1.29, 1.82) is 0 Å². The molecule has 5 nitrogen and oxygen atoms in total. The summed E-state index contributed by atoms with van der Waals surface area (Å²) in [7, 11) is 0. The molecule has 2 aromatic rings. The fraction of sp³-hybridized carbons (Fsp3) is 0.357. The van der Waals surface area contributed by atoms with E-state index in [1.807, 2.05) is 31.2 Å². The second-order valence-electron chi connectivity index (χ2n) is 4.16. The van der Waals surface area contributed by atoms with Crippen LogP contribution in [-0.4, -0.2) is 21.6 Å². The lowest BCUT2D eigenvalue weighted by Crippen LogP contribution is -2.06. The number of rotatable bonds is 6. The molecule has 2 aromatic heterocycles. The fourth-order valence-corrected chi connectivity index (χ4v) is 1.60. The van der Waals surface area contributed by atoms with Crippen molar-refractivity contribution in [2.45, 2.75) is 26.8 Å². The molecule has 0 aliphatic carbocycles. The third kappa shape index (κ3) is 4.21. The number of nitrogens with one attached hydrogen (secondary N) is 1. The first-order valence-electron chi connectivity index (χ1n) is 6.40. The second kappa shape index (κ2) is 6.68. The molecule has 19 heavy (non-hydrogen) atoms. The zero-order valence-corrected chi connectivity index (χ0v) is 11.3. The van der Waals surface area contributed by atoms with Crippen LogP contribution in [0.5, 0.6) is 5.88 Å². The first-order chi connectivity index (χ1) is 9.28. The molecular weight excluding hydrogens is 240 g/mol. The van der Waals surface area contributed by atoms with Crippen molar-refractivity contribution in [2.24, 2.45) is 0 Å². The number of aromatic nitrogens is 3. The summed E-state index contributed by atoms with van der Waals surface area (Å²) in [5.74, 6) is 2.05. The van der Waals surface area contributed by atoms with Gasteiger partial charge in [0.1, 0.15) is 11.6 Å². The minimum absolute atomic E-state index is 0.609. The molecule has 0 amide bonds. The van der Waals surface area contributed by atoms with Gasteiger partial charge in [0.2, 0.25) is 5.88 Å². The normalized spacial score (nSPS) is 10.2. The molecule has 0 unspecified atom stereocenters. The zero-order chi connectivity index (χ0) is 13.5. The van der Waals surface area contributed by atoms with Crippen LogP contribution in [0.1, 0.15) is 24.9 Å². The molecule has 0 atom stereocenters. The minimum atomic E-state index is 0.609. The van der Waals surface area contributed by atoms with Gasteiger partial charge in [-0.3, -0.25) is 4.98 Å². The molecule has 0 aromatic carbocycles. The lowest BCUT2D eigenvalue weighted by Gasteiger charge is -2.09. The predicted molar refractivity (Wildman–Crippen MR) is 74.1 cm³/mol. The first kappa shape index (κ1) is 13.3. The fourth-order valence-electron chi connectivity index (χ4n) is 1.60. The monoisotopic (exact) mass is 258 g/mol. The molecule has 2 heterocycles. The summed E-state index contributed by atoms with van der Waals surface area (Å²) >= 11 is 0. The molecule has 0 saturated heterocycles. The number of pyridine rings is 1. The van der Waals surface area contributed by atoms with Crippen LogP contribution in [0.4, 0.5) is 5.82 Å². The average Bonchev–Trinajstić information content (AvgIpc) is 2.43. The van der Waals surface area contributed by atoms with Gasteiger partial charge in [-0.15, -0.1) is 0 Å². The van der Waals surface area contributed by atoms with E-state index in [0.29, 0.717) is 24.9 Å². The summed E-state index contributed by atoms with van der Waals surface area (Å²) < 4.78 is 5.52. The van der Waals surface area contributed by atoms with E-state index in [4.69, 9.17) is 4.74 Å². The lowest BCUT2D eigenvalue weighted by atomic mass is 10.3. The van der Waals surface area contributed by atoms with Gasteiger partial charge < -0.3 is 10.1 Å². The van der Waals surface area contributed by atoms with E-state index in [2.05, 4.69) is 27.2 Å². The average molecular weight is 258 g/mol. The van der Waals surface area contributed by atoms with Crippen molar-refractivity contribution in [3.63, 3.8) is 0 Å². The predicted octanol–water partition coefficient (Wildman–Crippen LogP) is 2.58. The summed E-state index contributed by atoms with van der Waals surface area (Å²) in [6.45, 7) is 5.21. The number of nitrogens with zero attached hydrogens (tertiary/aromatic N) is 3. The number of anilines is 1. The highest BCUT2D eigenvalue weighted by Crippen LogP contribution is 2.14. The summed E-state index contributed by atoms with van der Waals surface area (Å²) in [5, 5.41) is 3.22. The maximum Gasteiger partial charge on any atom is 0.218 e. The van der Waals surface area contributed by atoms with E-state index < -0.39 is 0 Å². The molecule has 1 N–H and O–H groups in total. The number of aryl methyl sites for hydroxylation is 1. The second-order valence-corrected chi connectivity index (χ2v) is 4.16. The molecule has 5 heteroatoms. The van der Waals surface area contributed by atoms with Crippen LogP contribution in [0.3, 0.4) is 0 Å². The maximum absolute atomic E-state index is 5.52. The third-order valence-corrected chi connectivity index (χ3v) is 2.45. The van der Waals surface area contributed by atoms with Crippen LogP contribution in [0.2, 0.25) is 0 Å². The Balaban J connectivity index is 2.01. The largest absolute Gasteiger partial charge is 0.478 e. The van der Waals surface area contributed by atoms with Crippen molar-refractivity contribution in [3.8, 4) is 5.88 Å². The minimum Gasteiger partial charge on any atom is -0.478 e. The Morgan fingerprint density at radius 3 is 2.89 bits per heavy atom.